The third kappa shape index (κ3) is 5.02. The molecule has 0 fully saturated rings. The fourth-order valence-corrected chi connectivity index (χ4v) is 1.11. The molecule has 0 saturated heterocycles. The average Bonchev–Trinajstić information content (AvgIpc) is 2.13. The van der Waals surface area contributed by atoms with E-state index in [1.807, 2.05) is 6.92 Å². The number of carbonyl (C=O) groups is 1. The molecule has 0 heterocycles. The summed E-state index contributed by atoms with van der Waals surface area (Å²) in [6.45, 7) is 8.89. The van der Waals surface area contributed by atoms with Crippen LogP contribution in [0.5, 0.6) is 0 Å². The second-order valence-electron chi connectivity index (χ2n) is 3.95. The number of hydrogen-bond acceptors (Lipinski definition) is 2. The Bertz CT molecular complexity index is 217. The largest absolute Gasteiger partial charge is 0.478 e. The first-order valence-corrected chi connectivity index (χ1v) is 5.08. The Balaban J connectivity index is 4.10. The van der Waals surface area contributed by atoms with Crippen molar-refractivity contribution in [2.75, 3.05) is 6.54 Å². The molecule has 0 aliphatic carbocycles. The summed E-state index contributed by atoms with van der Waals surface area (Å²) in [7, 11) is 0. The Kier molecular flexibility index (Phi) is 5.46. The van der Waals surface area contributed by atoms with Crippen LogP contribution in [0.25, 0.3) is 0 Å². The van der Waals surface area contributed by atoms with E-state index in [2.05, 4.69) is 26.1 Å². The normalized spacial score (nSPS) is 13.0. The molecule has 0 aromatic carbocycles. The molecular formula is C11H21NO2. The molecule has 0 aromatic heterocycles. The highest BCUT2D eigenvalue weighted by molar-refractivity contribution is 5.80. The zero-order valence-electron chi connectivity index (χ0n) is 9.55. The molecule has 3 heteroatoms. The third-order valence-electron chi connectivity index (χ3n) is 2.72. The number of nitrogens with one attached hydrogen (secondary N) is 1. The first-order chi connectivity index (χ1) is 6.43. The van der Waals surface area contributed by atoms with Crippen LogP contribution in [0.1, 0.15) is 40.5 Å². The molecule has 0 bridgehead atoms. The molecule has 0 atom stereocenters. The highest BCUT2D eigenvalue weighted by atomic mass is 16.4. The van der Waals surface area contributed by atoms with Gasteiger partial charge in [0.05, 0.1) is 0 Å². The molecule has 0 spiro atoms. The van der Waals surface area contributed by atoms with Crippen molar-refractivity contribution in [2.24, 2.45) is 0 Å². The minimum Gasteiger partial charge on any atom is -0.478 e. The van der Waals surface area contributed by atoms with Gasteiger partial charge in [0.2, 0.25) is 0 Å². The molecule has 0 aliphatic rings. The van der Waals surface area contributed by atoms with Crippen molar-refractivity contribution in [1.29, 1.82) is 0 Å². The maximum atomic E-state index is 10.4. The minimum absolute atomic E-state index is 0.119. The minimum atomic E-state index is -0.876. The summed E-state index contributed by atoms with van der Waals surface area (Å²) in [5.41, 5.74) is 0.971. The monoisotopic (exact) mass is 199 g/mol. The van der Waals surface area contributed by atoms with Crippen LogP contribution in [-0.4, -0.2) is 23.2 Å². The maximum absolute atomic E-state index is 10.4. The van der Waals surface area contributed by atoms with Crippen LogP contribution in [0.3, 0.4) is 0 Å². The van der Waals surface area contributed by atoms with Gasteiger partial charge in [0, 0.05) is 18.2 Å². The van der Waals surface area contributed by atoms with Gasteiger partial charge in [-0.1, -0.05) is 19.4 Å². The Morgan fingerprint density at radius 1 is 1.43 bits per heavy atom. The SMILES string of the molecule is CCC(C)(CC)NCC(C)=CC(=O)O. The Morgan fingerprint density at radius 3 is 2.29 bits per heavy atom. The van der Waals surface area contributed by atoms with Gasteiger partial charge in [-0.25, -0.2) is 4.79 Å². The summed E-state index contributed by atoms with van der Waals surface area (Å²) in [6.07, 6.45) is 3.34. The molecule has 3 nitrogen and oxygen atoms in total. The van der Waals surface area contributed by atoms with E-state index in [1.165, 1.54) is 6.08 Å². The lowest BCUT2D eigenvalue weighted by molar-refractivity contribution is -0.131. The molecule has 0 radical (unpaired) electrons. The smallest absolute Gasteiger partial charge is 0.328 e. The summed E-state index contributed by atoms with van der Waals surface area (Å²) < 4.78 is 0. The molecular weight excluding hydrogens is 178 g/mol. The third-order valence-corrected chi connectivity index (χ3v) is 2.72. The van der Waals surface area contributed by atoms with E-state index in [4.69, 9.17) is 5.11 Å². The number of hydrogen-bond donors (Lipinski definition) is 2. The lowest BCUT2D eigenvalue weighted by atomic mass is 9.95. The van der Waals surface area contributed by atoms with Gasteiger partial charge in [-0.15, -0.1) is 0 Å². The molecule has 82 valence electrons. The van der Waals surface area contributed by atoms with E-state index in [9.17, 15) is 4.79 Å². The molecule has 2 N–H and O–H groups in total. The van der Waals surface area contributed by atoms with Crippen LogP contribution in [-0.2, 0) is 4.79 Å². The van der Waals surface area contributed by atoms with Crippen molar-refractivity contribution in [3.63, 3.8) is 0 Å². The summed E-state index contributed by atoms with van der Waals surface area (Å²) in [6, 6.07) is 0. The van der Waals surface area contributed by atoms with Crippen molar-refractivity contribution in [2.45, 2.75) is 46.1 Å². The Morgan fingerprint density at radius 2 is 1.93 bits per heavy atom. The fourth-order valence-electron chi connectivity index (χ4n) is 1.11. The first kappa shape index (κ1) is 13.2. The van der Waals surface area contributed by atoms with Gasteiger partial charge in [-0.2, -0.15) is 0 Å². The van der Waals surface area contributed by atoms with Gasteiger partial charge in [0.1, 0.15) is 0 Å². The van der Waals surface area contributed by atoms with Crippen molar-refractivity contribution in [3.05, 3.63) is 11.6 Å². The maximum Gasteiger partial charge on any atom is 0.328 e. The topological polar surface area (TPSA) is 49.3 Å². The molecule has 14 heavy (non-hydrogen) atoms. The van der Waals surface area contributed by atoms with Gasteiger partial charge < -0.3 is 10.4 Å². The molecule has 0 unspecified atom stereocenters. The highest BCUT2D eigenvalue weighted by Crippen LogP contribution is 2.13. The number of rotatable bonds is 6. The van der Waals surface area contributed by atoms with Gasteiger partial charge in [-0.05, 0) is 26.7 Å². The Labute approximate surface area is 86.2 Å². The van der Waals surface area contributed by atoms with E-state index in [0.717, 1.165) is 18.4 Å². The van der Waals surface area contributed by atoms with Crippen LogP contribution in [0.4, 0.5) is 0 Å². The second-order valence-corrected chi connectivity index (χ2v) is 3.95. The lowest BCUT2D eigenvalue weighted by Crippen LogP contribution is -2.41. The standard InChI is InChI=1S/C11H21NO2/c1-5-11(4,6-2)12-8-9(3)7-10(13)14/h7,12H,5-6,8H2,1-4H3,(H,13,14). The van der Waals surface area contributed by atoms with Crippen molar-refractivity contribution < 1.29 is 9.90 Å². The van der Waals surface area contributed by atoms with E-state index in [0.29, 0.717) is 6.54 Å². The molecule has 0 rings (SSSR count). The average molecular weight is 199 g/mol. The predicted octanol–water partition coefficient (Wildman–Crippen LogP) is 2.19. The van der Waals surface area contributed by atoms with E-state index < -0.39 is 5.97 Å². The van der Waals surface area contributed by atoms with Crippen LogP contribution in [0, 0.1) is 0 Å². The number of carboxylic acids is 1. The second kappa shape index (κ2) is 5.81. The van der Waals surface area contributed by atoms with Crippen LogP contribution in [0.15, 0.2) is 11.6 Å². The number of carboxylic acid groups (broad SMARTS) is 1. The lowest BCUT2D eigenvalue weighted by Gasteiger charge is -2.28. The molecule has 0 aromatic rings. The van der Waals surface area contributed by atoms with Gasteiger partial charge >= 0.3 is 5.97 Å². The summed E-state index contributed by atoms with van der Waals surface area (Å²) in [5, 5.41) is 11.9. The predicted molar refractivity (Wildman–Crippen MR) is 58.4 cm³/mol. The van der Waals surface area contributed by atoms with Gasteiger partial charge in [0.25, 0.3) is 0 Å². The highest BCUT2D eigenvalue weighted by Gasteiger charge is 2.17. The van der Waals surface area contributed by atoms with Crippen molar-refractivity contribution in [3.8, 4) is 0 Å². The summed E-state index contributed by atoms with van der Waals surface area (Å²) in [5.74, 6) is -0.876. The zero-order valence-corrected chi connectivity index (χ0v) is 9.55. The molecule has 0 aliphatic heterocycles. The Hall–Kier alpha value is -0.830. The van der Waals surface area contributed by atoms with Crippen molar-refractivity contribution >= 4 is 5.97 Å². The fraction of sp³-hybridized carbons (Fsp3) is 0.727. The van der Waals surface area contributed by atoms with Crippen LogP contribution in [0.2, 0.25) is 0 Å². The van der Waals surface area contributed by atoms with Crippen LogP contribution < -0.4 is 5.32 Å². The summed E-state index contributed by atoms with van der Waals surface area (Å²) >= 11 is 0. The molecule has 0 amide bonds. The quantitative estimate of drug-likeness (QED) is 0.645. The van der Waals surface area contributed by atoms with Crippen molar-refractivity contribution in [1.82, 2.24) is 5.32 Å². The number of aliphatic carboxylic acids is 1. The van der Waals surface area contributed by atoms with E-state index >= 15 is 0 Å². The zero-order chi connectivity index (χ0) is 11.2. The van der Waals surface area contributed by atoms with Crippen LogP contribution >= 0.6 is 0 Å². The first-order valence-electron chi connectivity index (χ1n) is 5.08. The van der Waals surface area contributed by atoms with E-state index in [1.54, 1.807) is 0 Å². The van der Waals surface area contributed by atoms with Gasteiger partial charge in [-0.3, -0.25) is 0 Å². The molecule has 0 saturated carbocycles. The summed E-state index contributed by atoms with van der Waals surface area (Å²) in [4.78, 5) is 10.4. The van der Waals surface area contributed by atoms with Gasteiger partial charge in [0.15, 0.2) is 0 Å². The van der Waals surface area contributed by atoms with E-state index in [-0.39, 0.29) is 5.54 Å².